The maximum Gasteiger partial charge on any atom is 0.270 e. The summed E-state index contributed by atoms with van der Waals surface area (Å²) < 4.78 is 0. The first-order valence-corrected chi connectivity index (χ1v) is 8.17. The van der Waals surface area contributed by atoms with E-state index in [1.165, 1.54) is 5.49 Å². The summed E-state index contributed by atoms with van der Waals surface area (Å²) in [4.78, 5) is 16.3. The minimum atomic E-state index is -0.348. The van der Waals surface area contributed by atoms with Gasteiger partial charge >= 0.3 is 0 Å². The van der Waals surface area contributed by atoms with Gasteiger partial charge in [0.2, 0.25) is 0 Å². The van der Waals surface area contributed by atoms with Crippen molar-refractivity contribution in [3.8, 4) is 11.1 Å². The summed E-state index contributed by atoms with van der Waals surface area (Å²) in [6.45, 7) is 1.83. The van der Waals surface area contributed by atoms with Crippen molar-refractivity contribution in [1.29, 1.82) is 0 Å². The number of carbonyl (C=O) groups is 1. The first-order chi connectivity index (χ1) is 11.4. The van der Waals surface area contributed by atoms with Gasteiger partial charge in [-0.25, -0.2) is 4.98 Å². The number of hydrogen-bond acceptors (Lipinski definition) is 4. The first-order valence-electron chi connectivity index (χ1n) is 6.95. The lowest BCUT2D eigenvalue weighted by atomic mass is 9.99. The lowest BCUT2D eigenvalue weighted by Gasteiger charge is -2.11. The quantitative estimate of drug-likeness (QED) is 0.428. The van der Waals surface area contributed by atoms with Gasteiger partial charge in [-0.15, -0.1) is 0 Å². The van der Waals surface area contributed by atoms with Crippen LogP contribution in [-0.2, 0) is 0 Å². The molecule has 2 aromatic rings. The van der Waals surface area contributed by atoms with Gasteiger partial charge in [0.25, 0.3) is 5.91 Å². The number of carbonyl (C=O) groups excluding carboxylic acids is 1. The highest BCUT2D eigenvalue weighted by Gasteiger charge is 2.14. The summed E-state index contributed by atoms with van der Waals surface area (Å²) >= 11 is 16.6. The Kier molecular flexibility index (Phi) is 8.63. The maximum atomic E-state index is 12.2. The molecule has 0 aliphatic carbocycles. The zero-order valence-electron chi connectivity index (χ0n) is 13.5. The second-order valence-corrected chi connectivity index (χ2v) is 5.79. The summed E-state index contributed by atoms with van der Waals surface area (Å²) in [5.74, 6) is -0.348. The van der Waals surface area contributed by atoms with Gasteiger partial charge in [0, 0.05) is 10.7 Å². The number of amides is 1. The van der Waals surface area contributed by atoms with Crippen LogP contribution in [0.25, 0.3) is 11.1 Å². The molecule has 0 unspecified atom stereocenters. The highest BCUT2D eigenvalue weighted by atomic mass is 35.5. The van der Waals surface area contributed by atoms with Crippen molar-refractivity contribution >= 4 is 46.8 Å². The highest BCUT2D eigenvalue weighted by Crippen LogP contribution is 2.28. The van der Waals surface area contributed by atoms with E-state index in [1.54, 1.807) is 24.3 Å². The number of aryl methyl sites for hydroxylation is 1. The SMILES string of the molecule is CNC.Cc1cc(-c2ccc(Cl)cc2C(=O)NNC=S)cc(Cl)n1. The molecule has 0 saturated carbocycles. The van der Waals surface area contributed by atoms with Crippen molar-refractivity contribution in [1.82, 2.24) is 21.2 Å². The average Bonchev–Trinajstić information content (AvgIpc) is 2.52. The van der Waals surface area contributed by atoms with Crippen LogP contribution in [0, 0.1) is 6.92 Å². The third kappa shape index (κ3) is 6.05. The fourth-order valence-electron chi connectivity index (χ4n) is 1.90. The van der Waals surface area contributed by atoms with Gasteiger partial charge in [0.1, 0.15) is 5.15 Å². The Morgan fingerprint density at radius 3 is 2.46 bits per heavy atom. The monoisotopic (exact) mass is 384 g/mol. The molecule has 1 aromatic carbocycles. The molecular weight excluding hydrogens is 367 g/mol. The molecule has 0 saturated heterocycles. The summed E-state index contributed by atoms with van der Waals surface area (Å²) in [6, 6.07) is 8.60. The molecular formula is C16H18Cl2N4OS. The predicted molar refractivity (Wildman–Crippen MR) is 104 cm³/mol. The molecule has 128 valence electrons. The summed E-state index contributed by atoms with van der Waals surface area (Å²) in [6.07, 6.45) is 0. The van der Waals surface area contributed by atoms with Gasteiger partial charge < -0.3 is 5.32 Å². The fraction of sp³-hybridized carbons (Fsp3) is 0.188. The van der Waals surface area contributed by atoms with Gasteiger partial charge in [-0.2, -0.15) is 0 Å². The molecule has 1 aromatic heterocycles. The van der Waals surface area contributed by atoms with E-state index in [0.717, 1.165) is 11.3 Å². The van der Waals surface area contributed by atoms with E-state index in [0.29, 0.717) is 21.3 Å². The number of halogens is 2. The van der Waals surface area contributed by atoms with Crippen molar-refractivity contribution < 1.29 is 4.79 Å². The standard InChI is InChI=1S/C14H11Cl2N3OS.C2H7N/c1-8-4-9(5-13(16)18-8)11-3-2-10(15)6-12(11)14(20)19-17-7-21;1-3-2/h2-7H,1H3,(H,17,21)(H,19,20);3H,1-2H3. The van der Waals surface area contributed by atoms with Crippen LogP contribution in [0.3, 0.4) is 0 Å². The third-order valence-electron chi connectivity index (χ3n) is 2.70. The Balaban J connectivity index is 0.000000891. The molecule has 0 fully saturated rings. The molecule has 0 aliphatic rings. The minimum absolute atomic E-state index is 0.348. The molecule has 8 heteroatoms. The van der Waals surface area contributed by atoms with Crippen LogP contribution in [-0.4, -0.2) is 30.5 Å². The highest BCUT2D eigenvalue weighted by molar-refractivity contribution is 7.78. The first kappa shape index (κ1) is 20.3. The Morgan fingerprint density at radius 2 is 1.88 bits per heavy atom. The van der Waals surface area contributed by atoms with Gasteiger partial charge in [-0.3, -0.25) is 15.6 Å². The average molecular weight is 385 g/mol. The number of hydrogen-bond donors (Lipinski definition) is 3. The molecule has 1 heterocycles. The molecule has 0 spiro atoms. The number of rotatable bonds is 4. The van der Waals surface area contributed by atoms with Crippen molar-refractivity contribution in [2.24, 2.45) is 0 Å². The Labute approximate surface area is 156 Å². The van der Waals surface area contributed by atoms with E-state index in [1.807, 2.05) is 27.1 Å². The molecule has 3 N–H and O–H groups in total. The summed E-state index contributed by atoms with van der Waals surface area (Å²) in [5, 5.41) is 3.58. The van der Waals surface area contributed by atoms with E-state index >= 15 is 0 Å². The fourth-order valence-corrected chi connectivity index (χ4v) is 2.38. The topological polar surface area (TPSA) is 66.1 Å². The van der Waals surface area contributed by atoms with Crippen molar-refractivity contribution in [2.45, 2.75) is 6.92 Å². The largest absolute Gasteiger partial charge is 0.323 e. The van der Waals surface area contributed by atoms with Gasteiger partial charge in [0.15, 0.2) is 0 Å². The molecule has 0 bridgehead atoms. The Bertz CT molecular complexity index is 705. The number of benzene rings is 1. The van der Waals surface area contributed by atoms with Crippen molar-refractivity contribution in [3.05, 3.63) is 51.8 Å². The number of aromatic nitrogens is 1. The zero-order valence-corrected chi connectivity index (χ0v) is 15.8. The zero-order chi connectivity index (χ0) is 18.1. The number of hydrazine groups is 1. The van der Waals surface area contributed by atoms with Gasteiger partial charge in [-0.1, -0.05) is 41.5 Å². The number of thiocarbonyl (C=S) groups is 1. The maximum absolute atomic E-state index is 12.2. The normalized spacial score (nSPS) is 9.54. The predicted octanol–water partition coefficient (Wildman–Crippen LogP) is 3.39. The minimum Gasteiger partial charge on any atom is -0.323 e. The Hall–Kier alpha value is -1.73. The van der Waals surface area contributed by atoms with Crippen molar-refractivity contribution in [3.63, 3.8) is 0 Å². The second-order valence-electron chi connectivity index (χ2n) is 4.73. The lowest BCUT2D eigenvalue weighted by molar-refractivity contribution is 0.0945. The molecule has 0 aliphatic heterocycles. The smallest absolute Gasteiger partial charge is 0.270 e. The second kappa shape index (κ2) is 10.2. The molecule has 0 radical (unpaired) electrons. The van der Waals surface area contributed by atoms with E-state index < -0.39 is 0 Å². The van der Waals surface area contributed by atoms with Crippen LogP contribution in [0.4, 0.5) is 0 Å². The summed E-state index contributed by atoms with van der Waals surface area (Å²) in [7, 11) is 3.75. The van der Waals surface area contributed by atoms with Crippen LogP contribution >= 0.6 is 35.4 Å². The number of nitrogens with one attached hydrogen (secondary N) is 3. The number of pyridine rings is 1. The van der Waals surface area contributed by atoms with Crippen LogP contribution in [0.15, 0.2) is 30.3 Å². The Morgan fingerprint density at radius 1 is 1.21 bits per heavy atom. The molecule has 0 atom stereocenters. The molecule has 24 heavy (non-hydrogen) atoms. The van der Waals surface area contributed by atoms with Crippen LogP contribution in [0.1, 0.15) is 16.1 Å². The third-order valence-corrected chi connectivity index (χ3v) is 3.25. The molecule has 5 nitrogen and oxygen atoms in total. The van der Waals surface area contributed by atoms with Crippen LogP contribution < -0.4 is 16.2 Å². The van der Waals surface area contributed by atoms with E-state index in [2.05, 4.69) is 33.4 Å². The van der Waals surface area contributed by atoms with E-state index in [4.69, 9.17) is 23.2 Å². The lowest BCUT2D eigenvalue weighted by Crippen LogP contribution is -2.36. The van der Waals surface area contributed by atoms with E-state index in [-0.39, 0.29) is 5.91 Å². The number of nitrogens with zero attached hydrogens (tertiary/aromatic N) is 1. The van der Waals surface area contributed by atoms with Crippen molar-refractivity contribution in [2.75, 3.05) is 14.1 Å². The summed E-state index contributed by atoms with van der Waals surface area (Å²) in [5.41, 5.74) is 8.80. The molecule has 2 rings (SSSR count). The van der Waals surface area contributed by atoms with Gasteiger partial charge in [-0.05, 0) is 56.4 Å². The van der Waals surface area contributed by atoms with E-state index in [9.17, 15) is 4.79 Å². The molecule has 1 amide bonds. The van der Waals surface area contributed by atoms with Crippen LogP contribution in [0.2, 0.25) is 10.2 Å². The van der Waals surface area contributed by atoms with Gasteiger partial charge in [0.05, 0.1) is 11.1 Å². The van der Waals surface area contributed by atoms with Crippen LogP contribution in [0.5, 0.6) is 0 Å².